The van der Waals surface area contributed by atoms with Gasteiger partial charge in [-0.15, -0.1) is 0 Å². The van der Waals surface area contributed by atoms with Crippen molar-refractivity contribution in [3.05, 3.63) is 64.7 Å². The number of piperidine rings is 1. The van der Waals surface area contributed by atoms with Gasteiger partial charge in [-0.1, -0.05) is 37.3 Å². The zero-order valence-corrected chi connectivity index (χ0v) is 24.4. The van der Waals surface area contributed by atoms with Gasteiger partial charge in [0.2, 0.25) is 17.7 Å². The first-order valence-electron chi connectivity index (χ1n) is 15.0. The zero-order chi connectivity index (χ0) is 28.8. The number of benzene rings is 2. The van der Waals surface area contributed by atoms with Crippen LogP contribution in [-0.4, -0.2) is 61.6 Å². The number of nitrogens with zero attached hydrogens (tertiary/aromatic N) is 1. The van der Waals surface area contributed by atoms with Crippen LogP contribution in [0.3, 0.4) is 0 Å². The van der Waals surface area contributed by atoms with Crippen molar-refractivity contribution in [3.8, 4) is 5.75 Å². The number of amides is 3. The molecule has 0 radical (unpaired) electrons. The molecule has 3 heterocycles. The van der Waals surface area contributed by atoms with E-state index in [0.29, 0.717) is 38.5 Å². The molecule has 2 fully saturated rings. The Kier molecular flexibility index (Phi) is 9.28. The minimum atomic E-state index is -0.701. The second-order valence-corrected chi connectivity index (χ2v) is 12.2. The summed E-state index contributed by atoms with van der Waals surface area (Å²) < 4.78 is 11.5. The Morgan fingerprint density at radius 3 is 2.59 bits per heavy atom. The number of aryl methyl sites for hydroxylation is 2. The van der Waals surface area contributed by atoms with E-state index in [2.05, 4.69) is 41.8 Å². The molecule has 0 aliphatic carbocycles. The number of hydrogen-bond acceptors (Lipinski definition) is 5. The van der Waals surface area contributed by atoms with Gasteiger partial charge in [0.15, 0.2) is 0 Å². The molecule has 0 spiro atoms. The van der Waals surface area contributed by atoms with E-state index < -0.39 is 6.04 Å². The molecule has 8 nitrogen and oxygen atoms in total. The van der Waals surface area contributed by atoms with Gasteiger partial charge in [-0.25, -0.2) is 0 Å². The molecule has 3 aliphatic heterocycles. The van der Waals surface area contributed by atoms with Gasteiger partial charge in [-0.05, 0) is 79.3 Å². The van der Waals surface area contributed by atoms with Crippen molar-refractivity contribution >= 4 is 17.7 Å². The lowest BCUT2D eigenvalue weighted by Gasteiger charge is -2.38. The molecule has 0 aromatic heterocycles. The highest BCUT2D eigenvalue weighted by atomic mass is 16.5. The van der Waals surface area contributed by atoms with E-state index in [-0.39, 0.29) is 36.0 Å². The summed E-state index contributed by atoms with van der Waals surface area (Å²) in [5.74, 6) is 0.675. The monoisotopic (exact) mass is 561 g/mol. The SMILES string of the molecule is Cc1ccc2cc1CNC(=O)C(CCc1ccc(C3(C)COC3)cc1)NC(=O)CCC(=O)N1CCCC(CCO2)C1. The Labute approximate surface area is 243 Å². The van der Waals surface area contributed by atoms with E-state index in [1.165, 1.54) is 5.56 Å². The predicted molar refractivity (Wildman–Crippen MR) is 157 cm³/mol. The van der Waals surface area contributed by atoms with Gasteiger partial charge in [0.1, 0.15) is 11.8 Å². The molecule has 2 aromatic carbocycles. The first-order chi connectivity index (χ1) is 19.8. The summed E-state index contributed by atoms with van der Waals surface area (Å²) in [4.78, 5) is 41.1. The van der Waals surface area contributed by atoms with Crippen molar-refractivity contribution in [2.45, 2.75) is 76.8 Å². The normalized spacial score (nSPS) is 23.8. The summed E-state index contributed by atoms with van der Waals surface area (Å²) in [5.41, 5.74) is 4.48. The summed E-state index contributed by atoms with van der Waals surface area (Å²) in [5, 5.41) is 5.96. The minimum absolute atomic E-state index is 0.00158. The quantitative estimate of drug-likeness (QED) is 0.592. The Balaban J connectivity index is 1.29. The number of fused-ring (bicyclic) bond motifs is 4. The molecule has 0 saturated carbocycles. The first kappa shape index (κ1) is 29.1. The lowest BCUT2D eigenvalue weighted by Crippen LogP contribution is -2.47. The van der Waals surface area contributed by atoms with Crippen molar-refractivity contribution in [1.29, 1.82) is 0 Å². The average molecular weight is 562 g/mol. The molecule has 2 N–H and O–H groups in total. The smallest absolute Gasteiger partial charge is 0.242 e. The summed E-state index contributed by atoms with van der Waals surface area (Å²) in [6.45, 7) is 8.05. The highest BCUT2D eigenvalue weighted by molar-refractivity contribution is 5.89. The maximum atomic E-state index is 13.4. The molecule has 8 heteroatoms. The molecular weight excluding hydrogens is 518 g/mol. The molecule has 220 valence electrons. The minimum Gasteiger partial charge on any atom is -0.494 e. The van der Waals surface area contributed by atoms with E-state index in [1.54, 1.807) is 0 Å². The molecule has 2 saturated heterocycles. The van der Waals surface area contributed by atoms with Crippen molar-refractivity contribution in [3.63, 3.8) is 0 Å². The fourth-order valence-electron chi connectivity index (χ4n) is 5.98. The van der Waals surface area contributed by atoms with Crippen molar-refractivity contribution in [1.82, 2.24) is 15.5 Å². The second kappa shape index (κ2) is 13.1. The Morgan fingerprint density at radius 2 is 1.83 bits per heavy atom. The van der Waals surface area contributed by atoms with E-state index >= 15 is 0 Å². The molecule has 3 aliphatic rings. The van der Waals surface area contributed by atoms with Gasteiger partial charge in [-0.3, -0.25) is 14.4 Å². The predicted octanol–water partition coefficient (Wildman–Crippen LogP) is 3.82. The Bertz CT molecular complexity index is 1240. The number of carbonyl (C=O) groups excluding carboxylic acids is 3. The number of carbonyl (C=O) groups is 3. The van der Waals surface area contributed by atoms with Crippen LogP contribution in [0.4, 0.5) is 0 Å². The molecule has 3 amide bonds. The number of nitrogens with one attached hydrogen (secondary N) is 2. The summed E-state index contributed by atoms with van der Waals surface area (Å²) in [6.07, 6.45) is 4.25. The molecule has 2 aromatic rings. The number of rotatable bonds is 4. The van der Waals surface area contributed by atoms with E-state index in [1.807, 2.05) is 30.0 Å². The number of hydrogen-bond donors (Lipinski definition) is 2. The van der Waals surface area contributed by atoms with Crippen molar-refractivity contribution < 1.29 is 23.9 Å². The van der Waals surface area contributed by atoms with Crippen LogP contribution >= 0.6 is 0 Å². The van der Waals surface area contributed by atoms with Gasteiger partial charge in [0.25, 0.3) is 0 Å². The Morgan fingerprint density at radius 1 is 1.02 bits per heavy atom. The number of ether oxygens (including phenoxy) is 2. The lowest BCUT2D eigenvalue weighted by atomic mass is 9.80. The van der Waals surface area contributed by atoms with Crippen LogP contribution in [-0.2, 0) is 37.5 Å². The third-order valence-corrected chi connectivity index (χ3v) is 8.87. The first-order valence-corrected chi connectivity index (χ1v) is 15.0. The summed E-state index contributed by atoms with van der Waals surface area (Å²) in [6, 6.07) is 13.7. The van der Waals surface area contributed by atoms with Crippen LogP contribution in [0.5, 0.6) is 5.75 Å². The highest BCUT2D eigenvalue weighted by Gasteiger charge is 2.35. The highest BCUT2D eigenvalue weighted by Crippen LogP contribution is 2.31. The molecule has 5 rings (SSSR count). The van der Waals surface area contributed by atoms with Gasteiger partial charge in [-0.2, -0.15) is 0 Å². The maximum Gasteiger partial charge on any atom is 0.242 e. The molecular formula is C33H43N3O5. The standard InChI is InChI=1S/C33H43N3O5/c1-23-5-11-28-18-26(23)19-34-32(39)29(12-8-24-6-9-27(10-7-24)33(2)21-40-22-33)35-30(37)13-14-31(38)36-16-3-4-25(20-36)15-17-41-28/h5-7,9-11,18,25,29H,3-4,8,12-17,19-22H2,1-2H3,(H,34,39)(H,35,37). The van der Waals surface area contributed by atoms with Crippen molar-refractivity contribution in [2.24, 2.45) is 5.92 Å². The van der Waals surface area contributed by atoms with E-state index in [0.717, 1.165) is 61.5 Å². The molecule has 2 atom stereocenters. The fraction of sp³-hybridized carbons (Fsp3) is 0.545. The van der Waals surface area contributed by atoms with Crippen LogP contribution in [0.15, 0.2) is 42.5 Å². The van der Waals surface area contributed by atoms with Crippen LogP contribution < -0.4 is 15.4 Å². The molecule has 2 unspecified atom stereocenters. The van der Waals surface area contributed by atoms with Gasteiger partial charge >= 0.3 is 0 Å². The van der Waals surface area contributed by atoms with Crippen LogP contribution in [0, 0.1) is 12.8 Å². The summed E-state index contributed by atoms with van der Waals surface area (Å²) in [7, 11) is 0. The average Bonchev–Trinajstić information content (AvgIpc) is 2.96. The van der Waals surface area contributed by atoms with Crippen LogP contribution in [0.1, 0.15) is 67.7 Å². The van der Waals surface area contributed by atoms with Gasteiger partial charge < -0.3 is 25.0 Å². The van der Waals surface area contributed by atoms with E-state index in [9.17, 15) is 14.4 Å². The maximum absolute atomic E-state index is 13.4. The van der Waals surface area contributed by atoms with Crippen LogP contribution in [0.2, 0.25) is 0 Å². The second-order valence-electron chi connectivity index (χ2n) is 12.2. The summed E-state index contributed by atoms with van der Waals surface area (Å²) >= 11 is 0. The third-order valence-electron chi connectivity index (χ3n) is 8.87. The molecule has 41 heavy (non-hydrogen) atoms. The largest absolute Gasteiger partial charge is 0.494 e. The van der Waals surface area contributed by atoms with Gasteiger partial charge in [0.05, 0.1) is 19.8 Å². The lowest BCUT2D eigenvalue weighted by molar-refractivity contribution is -0.135. The fourth-order valence-corrected chi connectivity index (χ4v) is 5.98. The Hall–Kier alpha value is -3.39. The van der Waals surface area contributed by atoms with E-state index in [4.69, 9.17) is 9.47 Å². The van der Waals surface area contributed by atoms with Crippen molar-refractivity contribution in [2.75, 3.05) is 32.9 Å². The van der Waals surface area contributed by atoms with Gasteiger partial charge in [0, 0.05) is 37.9 Å². The zero-order valence-electron chi connectivity index (χ0n) is 24.4. The van der Waals surface area contributed by atoms with Crippen LogP contribution in [0.25, 0.3) is 0 Å². The topological polar surface area (TPSA) is 97.0 Å². The third kappa shape index (κ3) is 7.47. The molecule has 4 bridgehead atoms.